The first-order chi connectivity index (χ1) is 10.1. The zero-order valence-corrected chi connectivity index (χ0v) is 14.0. The fourth-order valence-electron chi connectivity index (χ4n) is 2.42. The Morgan fingerprint density at radius 2 is 1.81 bits per heavy atom. The molecule has 1 aromatic carbocycles. The summed E-state index contributed by atoms with van der Waals surface area (Å²) >= 11 is 12.6. The van der Waals surface area contributed by atoms with E-state index in [2.05, 4.69) is 48.2 Å². The van der Waals surface area contributed by atoms with Crippen LogP contribution >= 0.6 is 23.2 Å². The van der Waals surface area contributed by atoms with Gasteiger partial charge in [-0.1, -0.05) is 36.8 Å². The van der Waals surface area contributed by atoms with E-state index in [9.17, 15) is 0 Å². The fourth-order valence-corrected chi connectivity index (χ4v) is 3.20. The first-order valence-corrected chi connectivity index (χ1v) is 8.28. The molecule has 0 bridgehead atoms. The second kappa shape index (κ2) is 7.28. The lowest BCUT2D eigenvalue weighted by atomic mass is 9.80. The molecule has 1 heterocycles. The lowest BCUT2D eigenvalue weighted by molar-refractivity contribution is 0.481. The summed E-state index contributed by atoms with van der Waals surface area (Å²) in [6, 6.07) is 8.42. The van der Waals surface area contributed by atoms with Gasteiger partial charge in [0.15, 0.2) is 0 Å². The topological polar surface area (TPSA) is 30.7 Å². The van der Waals surface area contributed by atoms with Gasteiger partial charge in [0.25, 0.3) is 0 Å². The van der Waals surface area contributed by atoms with Gasteiger partial charge < -0.3 is 0 Å². The molecule has 114 valence electrons. The van der Waals surface area contributed by atoms with Gasteiger partial charge in [-0.15, -0.1) is 23.2 Å². The summed E-state index contributed by atoms with van der Waals surface area (Å²) in [5.41, 5.74) is 2.07. The van der Waals surface area contributed by atoms with Crippen molar-refractivity contribution in [3.8, 4) is 0 Å². The Morgan fingerprint density at radius 1 is 1.14 bits per heavy atom. The molecule has 3 nitrogen and oxygen atoms in total. The molecule has 0 aliphatic carbocycles. The summed E-state index contributed by atoms with van der Waals surface area (Å²) in [5, 5.41) is 4.29. The maximum absolute atomic E-state index is 6.30. The summed E-state index contributed by atoms with van der Waals surface area (Å²) < 4.78 is 1.95. The van der Waals surface area contributed by atoms with Crippen molar-refractivity contribution in [1.29, 1.82) is 0 Å². The molecular formula is C16H21Cl2N3. The Bertz CT molecular complexity index is 559. The average molecular weight is 326 g/mol. The second-order valence-corrected chi connectivity index (χ2v) is 6.02. The molecule has 0 aliphatic heterocycles. The van der Waals surface area contributed by atoms with E-state index in [1.54, 1.807) is 6.33 Å². The molecule has 0 aliphatic rings. The van der Waals surface area contributed by atoms with Gasteiger partial charge in [0.05, 0.1) is 0 Å². The highest BCUT2D eigenvalue weighted by atomic mass is 35.5. The van der Waals surface area contributed by atoms with Crippen LogP contribution in [0.3, 0.4) is 0 Å². The first kappa shape index (κ1) is 16.3. The van der Waals surface area contributed by atoms with Crippen molar-refractivity contribution in [3.63, 3.8) is 0 Å². The molecule has 0 N–H and O–H groups in total. The average Bonchev–Trinajstić information content (AvgIpc) is 2.93. The smallest absolute Gasteiger partial charge is 0.138 e. The molecule has 0 saturated carbocycles. The van der Waals surface area contributed by atoms with E-state index in [4.69, 9.17) is 23.2 Å². The summed E-state index contributed by atoms with van der Waals surface area (Å²) in [6.45, 7) is 5.07. The van der Waals surface area contributed by atoms with Crippen molar-refractivity contribution in [2.45, 2.75) is 38.6 Å². The van der Waals surface area contributed by atoms with Gasteiger partial charge >= 0.3 is 0 Å². The Balaban J connectivity index is 2.33. The molecule has 2 rings (SSSR count). The van der Waals surface area contributed by atoms with Crippen LogP contribution in [0.5, 0.6) is 0 Å². The molecule has 0 unspecified atom stereocenters. The zero-order chi connectivity index (χ0) is 15.3. The highest BCUT2D eigenvalue weighted by Gasteiger charge is 2.32. The van der Waals surface area contributed by atoms with Crippen LogP contribution in [-0.4, -0.2) is 26.5 Å². The lowest BCUT2D eigenvalue weighted by Gasteiger charge is -2.30. The maximum atomic E-state index is 6.30. The van der Waals surface area contributed by atoms with E-state index >= 15 is 0 Å². The van der Waals surface area contributed by atoms with E-state index in [-0.39, 0.29) is 5.41 Å². The van der Waals surface area contributed by atoms with Crippen LogP contribution in [0.4, 0.5) is 0 Å². The summed E-state index contributed by atoms with van der Waals surface area (Å²) in [7, 11) is 0. The molecule has 21 heavy (non-hydrogen) atoms. The van der Waals surface area contributed by atoms with Crippen molar-refractivity contribution in [1.82, 2.24) is 14.8 Å². The third kappa shape index (κ3) is 3.58. The molecule has 1 aromatic heterocycles. The number of hydrogen-bond donors (Lipinski definition) is 0. The normalized spacial score (nSPS) is 11.8. The fraction of sp³-hybridized carbons (Fsp3) is 0.500. The molecule has 0 spiro atoms. The molecule has 5 heteroatoms. The Hall–Kier alpha value is -1.06. The molecule has 0 atom stereocenters. The van der Waals surface area contributed by atoms with Gasteiger partial charge in [0.1, 0.15) is 12.2 Å². The van der Waals surface area contributed by atoms with Gasteiger partial charge in [-0.3, -0.25) is 4.68 Å². The standard InChI is InChI=1S/C16H21Cl2N3/c1-3-8-21-15(19-12-20-21)9-16(10-17,11-18)14-6-4-13(2)5-7-14/h4-7,12H,3,8-11H2,1-2H3. The van der Waals surface area contributed by atoms with Gasteiger partial charge in [-0.25, -0.2) is 4.98 Å². The Kier molecular flexibility index (Phi) is 5.65. The Labute approximate surface area is 136 Å². The monoisotopic (exact) mass is 325 g/mol. The number of alkyl halides is 2. The largest absolute Gasteiger partial charge is 0.250 e. The molecule has 0 saturated heterocycles. The van der Waals surface area contributed by atoms with Gasteiger partial charge in [0, 0.05) is 30.1 Å². The zero-order valence-electron chi connectivity index (χ0n) is 12.5. The lowest BCUT2D eigenvalue weighted by Crippen LogP contribution is -2.34. The predicted octanol–water partition coefficient (Wildman–Crippen LogP) is 3.95. The van der Waals surface area contributed by atoms with Crippen molar-refractivity contribution >= 4 is 23.2 Å². The Morgan fingerprint density at radius 3 is 2.38 bits per heavy atom. The van der Waals surface area contributed by atoms with E-state index in [1.807, 2.05) is 4.68 Å². The van der Waals surface area contributed by atoms with E-state index in [0.29, 0.717) is 18.2 Å². The van der Waals surface area contributed by atoms with Gasteiger partial charge in [-0.2, -0.15) is 5.10 Å². The third-order valence-corrected chi connectivity index (χ3v) is 4.83. The molecule has 0 radical (unpaired) electrons. The SMILES string of the molecule is CCCn1ncnc1CC(CCl)(CCl)c1ccc(C)cc1. The number of halogens is 2. The van der Waals surface area contributed by atoms with Crippen molar-refractivity contribution < 1.29 is 0 Å². The van der Waals surface area contributed by atoms with Crippen LogP contribution < -0.4 is 0 Å². The number of nitrogens with zero attached hydrogens (tertiary/aromatic N) is 3. The van der Waals surface area contributed by atoms with Crippen LogP contribution in [0.2, 0.25) is 0 Å². The minimum absolute atomic E-state index is 0.310. The third-order valence-electron chi connectivity index (χ3n) is 3.80. The van der Waals surface area contributed by atoms with E-state index in [0.717, 1.165) is 24.4 Å². The number of aryl methyl sites for hydroxylation is 2. The highest BCUT2D eigenvalue weighted by Crippen LogP contribution is 2.31. The van der Waals surface area contributed by atoms with Crippen LogP contribution in [0.15, 0.2) is 30.6 Å². The van der Waals surface area contributed by atoms with E-state index < -0.39 is 0 Å². The number of benzene rings is 1. The molecule has 0 fully saturated rings. The quantitative estimate of drug-likeness (QED) is 0.721. The van der Waals surface area contributed by atoms with Gasteiger partial charge in [0.2, 0.25) is 0 Å². The van der Waals surface area contributed by atoms with Crippen LogP contribution in [-0.2, 0) is 18.4 Å². The summed E-state index contributed by atoms with van der Waals surface area (Å²) in [6.07, 6.45) is 3.33. The van der Waals surface area contributed by atoms with Crippen LogP contribution in [0.25, 0.3) is 0 Å². The van der Waals surface area contributed by atoms with Crippen molar-refractivity contribution in [2.75, 3.05) is 11.8 Å². The minimum atomic E-state index is -0.310. The summed E-state index contributed by atoms with van der Waals surface area (Å²) in [5.74, 6) is 1.86. The predicted molar refractivity (Wildman–Crippen MR) is 88.3 cm³/mol. The summed E-state index contributed by atoms with van der Waals surface area (Å²) in [4.78, 5) is 4.39. The van der Waals surface area contributed by atoms with Crippen molar-refractivity contribution in [2.24, 2.45) is 0 Å². The number of rotatable bonds is 7. The molecular weight excluding hydrogens is 305 g/mol. The maximum Gasteiger partial charge on any atom is 0.138 e. The van der Waals surface area contributed by atoms with E-state index in [1.165, 1.54) is 5.56 Å². The van der Waals surface area contributed by atoms with Crippen molar-refractivity contribution in [3.05, 3.63) is 47.5 Å². The number of hydrogen-bond acceptors (Lipinski definition) is 2. The highest BCUT2D eigenvalue weighted by molar-refractivity contribution is 6.22. The first-order valence-electron chi connectivity index (χ1n) is 7.21. The number of aromatic nitrogens is 3. The molecule has 0 amide bonds. The second-order valence-electron chi connectivity index (χ2n) is 5.49. The molecule has 2 aromatic rings. The van der Waals surface area contributed by atoms with Gasteiger partial charge in [-0.05, 0) is 18.9 Å². The van der Waals surface area contributed by atoms with Crippen LogP contribution in [0.1, 0.15) is 30.3 Å². The minimum Gasteiger partial charge on any atom is -0.250 e. The van der Waals surface area contributed by atoms with Crippen LogP contribution in [0, 0.1) is 6.92 Å².